The Morgan fingerprint density at radius 1 is 1.29 bits per heavy atom. The zero-order valence-electron chi connectivity index (χ0n) is 12.0. The third kappa shape index (κ3) is 3.44. The van der Waals surface area contributed by atoms with Crippen LogP contribution in [-0.4, -0.2) is 39.7 Å². The second kappa shape index (κ2) is 6.65. The summed E-state index contributed by atoms with van der Waals surface area (Å²) in [4.78, 5) is 27.6. The van der Waals surface area contributed by atoms with Gasteiger partial charge in [0.25, 0.3) is 5.91 Å². The van der Waals surface area contributed by atoms with E-state index in [2.05, 4.69) is 20.7 Å². The first kappa shape index (κ1) is 14.7. The molecule has 110 valence electrons. The van der Waals surface area contributed by atoms with Crippen LogP contribution in [0.5, 0.6) is 0 Å². The van der Waals surface area contributed by atoms with Gasteiger partial charge < -0.3 is 10.6 Å². The third-order valence-corrected chi connectivity index (χ3v) is 2.90. The summed E-state index contributed by atoms with van der Waals surface area (Å²) in [6.07, 6.45) is 3.13. The van der Waals surface area contributed by atoms with Gasteiger partial charge in [-0.3, -0.25) is 9.59 Å². The first-order valence-electron chi connectivity index (χ1n) is 6.64. The Morgan fingerprint density at radius 3 is 2.76 bits per heavy atom. The van der Waals surface area contributed by atoms with Crippen LogP contribution < -0.4 is 10.6 Å². The summed E-state index contributed by atoms with van der Waals surface area (Å²) < 4.78 is 1.58. The van der Waals surface area contributed by atoms with E-state index in [0.29, 0.717) is 23.6 Å². The predicted molar refractivity (Wildman–Crippen MR) is 77.1 cm³/mol. The highest BCUT2D eigenvalue weighted by Gasteiger charge is 2.16. The van der Waals surface area contributed by atoms with Crippen LogP contribution in [0.25, 0.3) is 5.82 Å². The monoisotopic (exact) mass is 287 g/mol. The molecular weight excluding hydrogens is 270 g/mol. The van der Waals surface area contributed by atoms with Crippen molar-refractivity contribution in [3.63, 3.8) is 0 Å². The number of nitrogens with one attached hydrogen (secondary N) is 2. The van der Waals surface area contributed by atoms with Gasteiger partial charge in [0.2, 0.25) is 5.91 Å². The highest BCUT2D eigenvalue weighted by Crippen LogP contribution is 2.11. The highest BCUT2D eigenvalue weighted by molar-refractivity contribution is 5.97. The molecule has 2 rings (SSSR count). The predicted octanol–water partition coefficient (Wildman–Crippen LogP) is 0.442. The van der Waals surface area contributed by atoms with Crippen molar-refractivity contribution in [2.24, 2.45) is 0 Å². The van der Waals surface area contributed by atoms with Crippen molar-refractivity contribution in [3.8, 4) is 5.82 Å². The standard InChI is InChI=1S/C14H17N5O2/c1-3-15-13(20)9-17-14(21)11-8-18-19(10(11)2)12-6-4-5-7-16-12/h4-8H,3,9H2,1-2H3,(H,15,20)(H,17,21). The van der Waals surface area contributed by atoms with Crippen molar-refractivity contribution in [3.05, 3.63) is 41.9 Å². The second-order valence-corrected chi connectivity index (χ2v) is 4.38. The first-order valence-corrected chi connectivity index (χ1v) is 6.64. The Kier molecular flexibility index (Phi) is 4.65. The Bertz CT molecular complexity index is 636. The number of hydrogen-bond donors (Lipinski definition) is 2. The zero-order valence-corrected chi connectivity index (χ0v) is 12.0. The lowest BCUT2D eigenvalue weighted by Gasteiger charge is -2.06. The van der Waals surface area contributed by atoms with E-state index in [9.17, 15) is 9.59 Å². The van der Waals surface area contributed by atoms with Crippen LogP contribution in [0.3, 0.4) is 0 Å². The van der Waals surface area contributed by atoms with Gasteiger partial charge >= 0.3 is 0 Å². The zero-order chi connectivity index (χ0) is 15.2. The minimum atomic E-state index is -0.332. The molecule has 2 heterocycles. The Labute approximate surface area is 122 Å². The molecule has 7 nitrogen and oxygen atoms in total. The normalized spacial score (nSPS) is 10.2. The Morgan fingerprint density at radius 2 is 2.10 bits per heavy atom. The molecule has 0 atom stereocenters. The van der Waals surface area contributed by atoms with Crippen LogP contribution in [0.15, 0.2) is 30.6 Å². The van der Waals surface area contributed by atoms with E-state index in [1.54, 1.807) is 23.9 Å². The summed E-state index contributed by atoms with van der Waals surface area (Å²) in [6.45, 7) is 4.08. The average Bonchev–Trinajstić information content (AvgIpc) is 2.88. The van der Waals surface area contributed by atoms with Crippen LogP contribution in [0, 0.1) is 6.92 Å². The molecule has 2 aromatic rings. The number of amides is 2. The van der Waals surface area contributed by atoms with Gasteiger partial charge in [-0.25, -0.2) is 9.67 Å². The van der Waals surface area contributed by atoms with Crippen LogP contribution in [-0.2, 0) is 4.79 Å². The maximum Gasteiger partial charge on any atom is 0.255 e. The number of rotatable bonds is 5. The lowest BCUT2D eigenvalue weighted by molar-refractivity contribution is -0.120. The van der Waals surface area contributed by atoms with E-state index >= 15 is 0 Å². The average molecular weight is 287 g/mol. The first-order chi connectivity index (χ1) is 10.1. The fraction of sp³-hybridized carbons (Fsp3) is 0.286. The van der Waals surface area contributed by atoms with Crippen molar-refractivity contribution >= 4 is 11.8 Å². The van der Waals surface area contributed by atoms with Gasteiger partial charge in [-0.05, 0) is 26.0 Å². The molecule has 0 radical (unpaired) electrons. The fourth-order valence-corrected chi connectivity index (χ4v) is 1.86. The molecule has 0 unspecified atom stereocenters. The van der Waals surface area contributed by atoms with Crippen LogP contribution in [0.4, 0.5) is 0 Å². The molecule has 0 spiro atoms. The van der Waals surface area contributed by atoms with Crippen molar-refractivity contribution < 1.29 is 9.59 Å². The van der Waals surface area contributed by atoms with E-state index in [1.807, 2.05) is 19.1 Å². The summed E-state index contributed by atoms with van der Waals surface area (Å²) >= 11 is 0. The molecule has 0 fully saturated rings. The van der Waals surface area contributed by atoms with Crippen LogP contribution in [0.1, 0.15) is 23.0 Å². The van der Waals surface area contributed by atoms with Crippen molar-refractivity contribution in [2.75, 3.05) is 13.1 Å². The SMILES string of the molecule is CCNC(=O)CNC(=O)c1cnn(-c2ccccn2)c1C. The maximum atomic E-state index is 12.1. The molecule has 0 saturated heterocycles. The van der Waals surface area contributed by atoms with E-state index in [1.165, 1.54) is 6.20 Å². The third-order valence-electron chi connectivity index (χ3n) is 2.90. The minimum absolute atomic E-state index is 0.0547. The largest absolute Gasteiger partial charge is 0.355 e. The lowest BCUT2D eigenvalue weighted by atomic mass is 10.2. The molecule has 21 heavy (non-hydrogen) atoms. The number of nitrogens with zero attached hydrogens (tertiary/aromatic N) is 3. The molecule has 2 aromatic heterocycles. The quantitative estimate of drug-likeness (QED) is 0.835. The molecule has 7 heteroatoms. The summed E-state index contributed by atoms with van der Waals surface area (Å²) in [7, 11) is 0. The van der Waals surface area contributed by atoms with Gasteiger partial charge in [-0.1, -0.05) is 6.07 Å². The topological polar surface area (TPSA) is 88.9 Å². The van der Waals surface area contributed by atoms with E-state index in [-0.39, 0.29) is 18.4 Å². The molecular formula is C14H17N5O2. The summed E-state index contributed by atoms with van der Waals surface area (Å²) in [6, 6.07) is 5.46. The van der Waals surface area contributed by atoms with Gasteiger partial charge in [-0.2, -0.15) is 5.10 Å². The highest BCUT2D eigenvalue weighted by atomic mass is 16.2. The molecule has 0 saturated carbocycles. The van der Waals surface area contributed by atoms with Crippen LogP contribution >= 0.6 is 0 Å². The molecule has 2 N–H and O–H groups in total. The lowest BCUT2D eigenvalue weighted by Crippen LogP contribution is -2.36. The number of aromatic nitrogens is 3. The molecule has 0 aliphatic rings. The number of likely N-dealkylation sites (N-methyl/N-ethyl adjacent to an activating group) is 1. The number of carbonyl (C=O) groups excluding carboxylic acids is 2. The Hall–Kier alpha value is -2.70. The van der Waals surface area contributed by atoms with Gasteiger partial charge in [0, 0.05) is 12.7 Å². The van der Waals surface area contributed by atoms with E-state index < -0.39 is 0 Å². The van der Waals surface area contributed by atoms with Crippen molar-refractivity contribution in [1.82, 2.24) is 25.4 Å². The Balaban J connectivity index is 2.10. The fourth-order valence-electron chi connectivity index (χ4n) is 1.86. The second-order valence-electron chi connectivity index (χ2n) is 4.38. The number of hydrogen-bond acceptors (Lipinski definition) is 4. The minimum Gasteiger partial charge on any atom is -0.355 e. The van der Waals surface area contributed by atoms with Gasteiger partial charge in [0.1, 0.15) is 0 Å². The van der Waals surface area contributed by atoms with Crippen LogP contribution in [0.2, 0.25) is 0 Å². The van der Waals surface area contributed by atoms with E-state index in [0.717, 1.165) is 0 Å². The van der Waals surface area contributed by atoms with Gasteiger partial charge in [-0.15, -0.1) is 0 Å². The summed E-state index contributed by atoms with van der Waals surface area (Å²) in [5, 5.41) is 9.34. The smallest absolute Gasteiger partial charge is 0.255 e. The molecule has 0 bridgehead atoms. The molecule has 0 aromatic carbocycles. The van der Waals surface area contributed by atoms with E-state index in [4.69, 9.17) is 0 Å². The molecule has 2 amide bonds. The van der Waals surface area contributed by atoms with Gasteiger partial charge in [0.05, 0.1) is 24.0 Å². The number of carbonyl (C=O) groups is 2. The van der Waals surface area contributed by atoms with Crippen molar-refractivity contribution in [1.29, 1.82) is 0 Å². The number of pyridine rings is 1. The molecule has 0 aliphatic carbocycles. The summed E-state index contributed by atoms with van der Waals surface area (Å²) in [5.74, 6) is 0.0827. The molecule has 0 aliphatic heterocycles. The van der Waals surface area contributed by atoms with Crippen molar-refractivity contribution in [2.45, 2.75) is 13.8 Å². The maximum absolute atomic E-state index is 12.1. The van der Waals surface area contributed by atoms with Gasteiger partial charge in [0.15, 0.2) is 5.82 Å². The summed E-state index contributed by atoms with van der Waals surface area (Å²) in [5.41, 5.74) is 1.09.